The third-order valence-corrected chi connectivity index (χ3v) is 3.91. The number of aliphatic hydroxyl groups excluding tert-OH is 1. The first-order valence-corrected chi connectivity index (χ1v) is 8.02. The molecule has 2 aromatic rings. The molecular weight excluding hydrogens is 343 g/mol. The summed E-state index contributed by atoms with van der Waals surface area (Å²) in [4.78, 5) is 24.1. The topological polar surface area (TPSA) is 82.1 Å². The second-order valence-corrected chi connectivity index (χ2v) is 5.71. The Kier molecular flexibility index (Phi) is 5.60. The first-order valence-electron chi connectivity index (χ1n) is 8.02. The van der Waals surface area contributed by atoms with Gasteiger partial charge in [0, 0.05) is 0 Å². The third kappa shape index (κ3) is 4.07. The second-order valence-electron chi connectivity index (χ2n) is 5.71. The predicted molar refractivity (Wildman–Crippen MR) is 88.1 cm³/mol. The highest BCUT2D eigenvalue weighted by atomic mass is 19.1. The molecule has 1 saturated heterocycles. The van der Waals surface area contributed by atoms with Gasteiger partial charge >= 0.3 is 11.9 Å². The molecule has 1 fully saturated rings. The highest BCUT2D eigenvalue weighted by Gasteiger charge is 2.47. The van der Waals surface area contributed by atoms with Gasteiger partial charge in [-0.1, -0.05) is 36.4 Å². The summed E-state index contributed by atoms with van der Waals surface area (Å²) >= 11 is 0. The Labute approximate surface area is 149 Å². The van der Waals surface area contributed by atoms with Crippen LogP contribution in [0.3, 0.4) is 0 Å². The maximum atomic E-state index is 14.2. The first-order chi connectivity index (χ1) is 12.6. The molecule has 0 bridgehead atoms. The Balaban J connectivity index is 1.63. The summed E-state index contributed by atoms with van der Waals surface area (Å²) in [5.74, 6) is -1.38. The molecule has 6 nitrogen and oxygen atoms in total. The van der Waals surface area contributed by atoms with Crippen LogP contribution in [0.25, 0.3) is 0 Å². The molecule has 3 rings (SSSR count). The summed E-state index contributed by atoms with van der Waals surface area (Å²) in [7, 11) is 0. The number of aliphatic hydroxyl groups is 1. The maximum Gasteiger partial charge on any atom is 0.338 e. The Hall–Kier alpha value is -2.77. The van der Waals surface area contributed by atoms with Gasteiger partial charge in [-0.3, -0.25) is 0 Å². The lowest BCUT2D eigenvalue weighted by atomic mass is 10.1. The number of carbonyl (C=O) groups is 2. The standard InChI is InChI=1S/C19H17FO6/c20-15-16(26-18(22)13-9-5-2-6-10-13)14(25-19(15)23)11-24-17(21)12-7-3-1-4-8-12/h1-10,14-16,19,23H,11H2/t14?,15-,16?,19?/m0/s1. The summed E-state index contributed by atoms with van der Waals surface area (Å²) in [5.41, 5.74) is 0.557. The molecular formula is C19H17FO6. The van der Waals surface area contributed by atoms with Crippen LogP contribution in [0.2, 0.25) is 0 Å². The molecule has 7 heteroatoms. The van der Waals surface area contributed by atoms with E-state index < -0.39 is 36.6 Å². The van der Waals surface area contributed by atoms with Crippen molar-refractivity contribution in [1.29, 1.82) is 0 Å². The zero-order valence-electron chi connectivity index (χ0n) is 13.7. The third-order valence-electron chi connectivity index (χ3n) is 3.91. The van der Waals surface area contributed by atoms with Crippen LogP contribution in [0, 0.1) is 0 Å². The first kappa shape index (κ1) is 18.0. The van der Waals surface area contributed by atoms with Gasteiger partial charge in [-0.15, -0.1) is 0 Å². The highest BCUT2D eigenvalue weighted by molar-refractivity contribution is 5.90. The van der Waals surface area contributed by atoms with E-state index in [0.717, 1.165) is 0 Å². The quantitative estimate of drug-likeness (QED) is 0.823. The van der Waals surface area contributed by atoms with E-state index in [4.69, 9.17) is 14.2 Å². The molecule has 26 heavy (non-hydrogen) atoms. The predicted octanol–water partition coefficient (Wildman–Crippen LogP) is 2.12. The molecule has 136 valence electrons. The van der Waals surface area contributed by atoms with Gasteiger partial charge in [0.15, 0.2) is 18.6 Å². The minimum Gasteiger partial charge on any atom is -0.459 e. The Morgan fingerprint density at radius 1 is 0.962 bits per heavy atom. The number of ether oxygens (including phenoxy) is 3. The van der Waals surface area contributed by atoms with Gasteiger partial charge in [-0.2, -0.15) is 0 Å². The lowest BCUT2D eigenvalue weighted by Gasteiger charge is -2.19. The number of hydrogen-bond acceptors (Lipinski definition) is 6. The number of carbonyl (C=O) groups excluding carboxylic acids is 2. The van der Waals surface area contributed by atoms with E-state index in [1.165, 1.54) is 12.1 Å². The van der Waals surface area contributed by atoms with Crippen molar-refractivity contribution in [2.75, 3.05) is 6.61 Å². The zero-order valence-corrected chi connectivity index (χ0v) is 13.7. The van der Waals surface area contributed by atoms with Gasteiger partial charge in [-0.25, -0.2) is 14.0 Å². The van der Waals surface area contributed by atoms with Crippen molar-refractivity contribution in [2.24, 2.45) is 0 Å². The van der Waals surface area contributed by atoms with E-state index >= 15 is 0 Å². The molecule has 4 atom stereocenters. The normalized spacial score (nSPS) is 24.8. The van der Waals surface area contributed by atoms with Crippen molar-refractivity contribution in [2.45, 2.75) is 24.7 Å². The molecule has 3 unspecified atom stereocenters. The summed E-state index contributed by atoms with van der Waals surface area (Å²) < 4.78 is 29.4. The number of hydrogen-bond donors (Lipinski definition) is 1. The Bertz CT molecular complexity index is 751. The van der Waals surface area contributed by atoms with E-state index in [9.17, 15) is 19.1 Å². The van der Waals surface area contributed by atoms with Gasteiger partial charge < -0.3 is 19.3 Å². The lowest BCUT2D eigenvalue weighted by Crippen LogP contribution is -2.37. The van der Waals surface area contributed by atoms with Crippen molar-refractivity contribution in [1.82, 2.24) is 0 Å². The molecule has 1 aliphatic rings. The molecule has 1 heterocycles. The SMILES string of the molecule is O=C(OCC1OC(O)[C@@H](F)C1OC(=O)c1ccccc1)c1ccccc1. The molecule has 1 aliphatic heterocycles. The van der Waals surface area contributed by atoms with E-state index in [0.29, 0.717) is 5.56 Å². The molecule has 1 N–H and O–H groups in total. The van der Waals surface area contributed by atoms with Gasteiger partial charge in [0.05, 0.1) is 11.1 Å². The van der Waals surface area contributed by atoms with Crippen LogP contribution in [0.5, 0.6) is 0 Å². The Morgan fingerprint density at radius 3 is 2.08 bits per heavy atom. The summed E-state index contributed by atoms with van der Waals surface area (Å²) in [6, 6.07) is 16.3. The largest absolute Gasteiger partial charge is 0.459 e. The van der Waals surface area contributed by atoms with Crippen LogP contribution < -0.4 is 0 Å². The average molecular weight is 360 g/mol. The smallest absolute Gasteiger partial charge is 0.338 e. The second kappa shape index (κ2) is 8.07. The fraction of sp³-hybridized carbons (Fsp3) is 0.263. The summed E-state index contributed by atoms with van der Waals surface area (Å²) in [6.45, 7) is -0.363. The van der Waals surface area contributed by atoms with Crippen molar-refractivity contribution >= 4 is 11.9 Å². The number of halogens is 1. The molecule has 0 aromatic heterocycles. The molecule has 0 radical (unpaired) electrons. The number of benzene rings is 2. The Morgan fingerprint density at radius 2 is 1.50 bits per heavy atom. The molecule has 0 saturated carbocycles. The number of esters is 2. The lowest BCUT2D eigenvalue weighted by molar-refractivity contribution is -0.122. The van der Waals surface area contributed by atoms with Crippen LogP contribution in [0.15, 0.2) is 60.7 Å². The number of alkyl halides is 1. The van der Waals surface area contributed by atoms with E-state index in [1.807, 2.05) is 0 Å². The minimum atomic E-state index is -1.94. The van der Waals surface area contributed by atoms with Crippen LogP contribution >= 0.6 is 0 Å². The highest BCUT2D eigenvalue weighted by Crippen LogP contribution is 2.26. The van der Waals surface area contributed by atoms with Crippen molar-refractivity contribution in [3.63, 3.8) is 0 Å². The van der Waals surface area contributed by atoms with E-state index in [2.05, 4.69) is 0 Å². The van der Waals surface area contributed by atoms with Gasteiger partial charge in [-0.05, 0) is 24.3 Å². The van der Waals surface area contributed by atoms with Crippen molar-refractivity contribution in [3.8, 4) is 0 Å². The van der Waals surface area contributed by atoms with Gasteiger partial charge in [0.25, 0.3) is 0 Å². The monoisotopic (exact) mass is 360 g/mol. The molecule has 0 amide bonds. The van der Waals surface area contributed by atoms with Crippen molar-refractivity contribution in [3.05, 3.63) is 71.8 Å². The van der Waals surface area contributed by atoms with E-state index in [-0.39, 0.29) is 12.2 Å². The maximum absolute atomic E-state index is 14.2. The van der Waals surface area contributed by atoms with Crippen molar-refractivity contribution < 1.29 is 33.3 Å². The van der Waals surface area contributed by atoms with E-state index in [1.54, 1.807) is 48.5 Å². The molecule has 0 spiro atoms. The van der Waals surface area contributed by atoms with Crippen LogP contribution in [0.4, 0.5) is 4.39 Å². The van der Waals surface area contributed by atoms with Crippen LogP contribution in [-0.4, -0.2) is 48.3 Å². The zero-order chi connectivity index (χ0) is 18.5. The van der Waals surface area contributed by atoms with Gasteiger partial charge in [0.2, 0.25) is 0 Å². The van der Waals surface area contributed by atoms with Gasteiger partial charge in [0.1, 0.15) is 12.7 Å². The fourth-order valence-electron chi connectivity index (χ4n) is 2.56. The summed E-state index contributed by atoms with van der Waals surface area (Å²) in [6.07, 6.45) is -6.20. The van der Waals surface area contributed by atoms with Crippen LogP contribution in [0.1, 0.15) is 20.7 Å². The average Bonchev–Trinajstić information content (AvgIpc) is 2.95. The molecule has 2 aromatic carbocycles. The number of rotatable bonds is 5. The molecule has 0 aliphatic carbocycles. The summed E-state index contributed by atoms with van der Waals surface area (Å²) in [5, 5.41) is 9.58. The van der Waals surface area contributed by atoms with Crippen LogP contribution in [-0.2, 0) is 14.2 Å². The fourth-order valence-corrected chi connectivity index (χ4v) is 2.56. The minimum absolute atomic E-state index is 0.237.